The fraction of sp³-hybridized carbons (Fsp3) is 0.176. The summed E-state index contributed by atoms with van der Waals surface area (Å²) in [5.74, 6) is -2.70. The van der Waals surface area contributed by atoms with E-state index < -0.39 is 29.8 Å². The van der Waals surface area contributed by atoms with Gasteiger partial charge >= 0.3 is 5.97 Å². The van der Waals surface area contributed by atoms with E-state index in [1.54, 1.807) is 36.4 Å². The van der Waals surface area contributed by atoms with E-state index in [-0.39, 0.29) is 12.0 Å². The van der Waals surface area contributed by atoms with Gasteiger partial charge in [-0.2, -0.15) is 0 Å². The minimum Gasteiger partial charge on any atom is -0.480 e. The van der Waals surface area contributed by atoms with E-state index in [1.165, 1.54) is 18.2 Å². The lowest BCUT2D eigenvalue weighted by molar-refractivity contribution is -0.143. The van der Waals surface area contributed by atoms with Gasteiger partial charge in [0.25, 0.3) is 5.91 Å². The highest BCUT2D eigenvalue weighted by Gasteiger charge is 2.25. The Bertz CT molecular complexity index is 690. The Morgan fingerprint density at radius 1 is 1.04 bits per heavy atom. The van der Waals surface area contributed by atoms with Crippen molar-refractivity contribution in [2.75, 3.05) is 0 Å². The predicted octanol–water partition coefficient (Wildman–Crippen LogP) is 1.67. The Morgan fingerprint density at radius 2 is 1.65 bits per heavy atom. The summed E-state index contributed by atoms with van der Waals surface area (Å²) in [5, 5.41) is 21.4. The first-order valence-electron chi connectivity index (χ1n) is 6.98. The van der Waals surface area contributed by atoms with E-state index in [0.29, 0.717) is 5.56 Å². The number of rotatable bonds is 6. The smallest absolute Gasteiger partial charge is 0.326 e. The van der Waals surface area contributed by atoms with E-state index in [4.69, 9.17) is 0 Å². The van der Waals surface area contributed by atoms with Gasteiger partial charge in [-0.05, 0) is 17.2 Å². The molecule has 0 aliphatic rings. The van der Waals surface area contributed by atoms with Gasteiger partial charge in [0.2, 0.25) is 0 Å². The molecule has 0 radical (unpaired) electrons. The average Bonchev–Trinajstić information content (AvgIpc) is 2.56. The summed E-state index contributed by atoms with van der Waals surface area (Å²) in [6.45, 7) is 0. The Balaban J connectivity index is 2.09. The number of carboxylic acid groups (broad SMARTS) is 1. The zero-order valence-corrected chi connectivity index (χ0v) is 12.1. The zero-order chi connectivity index (χ0) is 16.8. The zero-order valence-electron chi connectivity index (χ0n) is 12.1. The molecule has 0 unspecified atom stereocenters. The maximum absolute atomic E-state index is 13.6. The molecule has 0 heterocycles. The molecule has 2 atom stereocenters. The highest BCUT2D eigenvalue weighted by Crippen LogP contribution is 2.14. The molecular weight excluding hydrogens is 301 g/mol. The lowest BCUT2D eigenvalue weighted by Gasteiger charge is -2.18. The molecule has 0 aliphatic carbocycles. The predicted molar refractivity (Wildman–Crippen MR) is 81.1 cm³/mol. The average molecular weight is 317 g/mol. The van der Waals surface area contributed by atoms with Crippen molar-refractivity contribution in [3.63, 3.8) is 0 Å². The second kappa shape index (κ2) is 7.51. The number of carboxylic acids is 1. The van der Waals surface area contributed by atoms with Crippen molar-refractivity contribution in [1.82, 2.24) is 5.32 Å². The number of amides is 1. The molecule has 120 valence electrons. The fourth-order valence-corrected chi connectivity index (χ4v) is 2.12. The molecular formula is C17H16FNO4. The lowest BCUT2D eigenvalue weighted by atomic mass is 10.0. The maximum Gasteiger partial charge on any atom is 0.326 e. The van der Waals surface area contributed by atoms with Crippen LogP contribution in [0.2, 0.25) is 0 Å². The number of benzene rings is 2. The van der Waals surface area contributed by atoms with Gasteiger partial charge in [0.1, 0.15) is 11.9 Å². The van der Waals surface area contributed by atoms with Crippen LogP contribution >= 0.6 is 0 Å². The van der Waals surface area contributed by atoms with Gasteiger partial charge in [0.05, 0.1) is 0 Å². The number of carbonyl (C=O) groups is 2. The van der Waals surface area contributed by atoms with Crippen molar-refractivity contribution >= 4 is 11.9 Å². The minimum absolute atomic E-state index is 0.175. The van der Waals surface area contributed by atoms with Gasteiger partial charge in [-0.1, -0.05) is 48.5 Å². The van der Waals surface area contributed by atoms with Gasteiger partial charge in [-0.25, -0.2) is 9.18 Å². The molecule has 0 bridgehead atoms. The Morgan fingerprint density at radius 3 is 2.26 bits per heavy atom. The number of hydrogen-bond acceptors (Lipinski definition) is 3. The Kier molecular flexibility index (Phi) is 5.43. The summed E-state index contributed by atoms with van der Waals surface area (Å²) < 4.78 is 13.6. The van der Waals surface area contributed by atoms with E-state index in [9.17, 15) is 24.2 Å². The minimum atomic E-state index is -1.49. The normalized spacial score (nSPS) is 13.1. The first kappa shape index (κ1) is 16.6. The molecule has 5 nitrogen and oxygen atoms in total. The van der Waals surface area contributed by atoms with Gasteiger partial charge in [0, 0.05) is 6.42 Å². The van der Waals surface area contributed by atoms with Crippen molar-refractivity contribution in [1.29, 1.82) is 0 Å². The van der Waals surface area contributed by atoms with Crippen LogP contribution in [0, 0.1) is 5.82 Å². The summed E-state index contributed by atoms with van der Waals surface area (Å²) in [6.07, 6.45) is -1.70. The quantitative estimate of drug-likeness (QED) is 0.756. The summed E-state index contributed by atoms with van der Waals surface area (Å²) in [4.78, 5) is 23.3. The lowest BCUT2D eigenvalue weighted by Crippen LogP contribution is -2.44. The van der Waals surface area contributed by atoms with Crippen LogP contribution in [-0.4, -0.2) is 28.1 Å². The number of aliphatic carboxylic acids is 1. The summed E-state index contributed by atoms with van der Waals surface area (Å²) in [5.41, 5.74) is 0.523. The van der Waals surface area contributed by atoms with Crippen LogP contribution in [-0.2, 0) is 16.0 Å². The van der Waals surface area contributed by atoms with Gasteiger partial charge in [0.15, 0.2) is 6.10 Å². The molecule has 0 aliphatic heterocycles. The van der Waals surface area contributed by atoms with Crippen LogP contribution in [0.1, 0.15) is 17.2 Å². The number of aliphatic hydroxyl groups excluding tert-OH is 1. The number of nitrogens with one attached hydrogen (secondary N) is 1. The number of carbonyl (C=O) groups excluding carboxylic acids is 1. The van der Waals surface area contributed by atoms with Crippen LogP contribution in [0.4, 0.5) is 4.39 Å². The first-order chi connectivity index (χ1) is 11.0. The SMILES string of the molecule is O=C(O)[C@H](Cc1ccccc1F)NC(=O)[C@@H](O)c1ccccc1. The Labute approximate surface area is 132 Å². The third-order valence-electron chi connectivity index (χ3n) is 3.36. The monoisotopic (exact) mass is 317 g/mol. The molecule has 6 heteroatoms. The van der Waals surface area contributed by atoms with Crippen molar-refractivity contribution in [2.24, 2.45) is 0 Å². The van der Waals surface area contributed by atoms with Crippen molar-refractivity contribution in [3.05, 3.63) is 71.5 Å². The molecule has 0 fully saturated rings. The van der Waals surface area contributed by atoms with Gasteiger partial charge in [-0.15, -0.1) is 0 Å². The highest BCUT2D eigenvalue weighted by molar-refractivity contribution is 5.87. The van der Waals surface area contributed by atoms with Crippen LogP contribution in [0.3, 0.4) is 0 Å². The molecule has 0 saturated carbocycles. The second-order valence-corrected chi connectivity index (χ2v) is 5.01. The Hall–Kier alpha value is -2.73. The van der Waals surface area contributed by atoms with E-state index >= 15 is 0 Å². The largest absolute Gasteiger partial charge is 0.480 e. The molecule has 1 amide bonds. The third kappa shape index (κ3) is 4.37. The summed E-state index contributed by atoms with van der Waals surface area (Å²) >= 11 is 0. The summed E-state index contributed by atoms with van der Waals surface area (Å²) in [6, 6.07) is 12.5. The number of halogens is 1. The van der Waals surface area contributed by atoms with Crippen molar-refractivity contribution < 1.29 is 24.2 Å². The van der Waals surface area contributed by atoms with Gasteiger partial charge in [-0.3, -0.25) is 4.79 Å². The molecule has 0 aromatic heterocycles. The molecule has 2 aromatic rings. The van der Waals surface area contributed by atoms with E-state index in [2.05, 4.69) is 5.32 Å². The highest BCUT2D eigenvalue weighted by atomic mass is 19.1. The van der Waals surface area contributed by atoms with Crippen LogP contribution in [0.5, 0.6) is 0 Å². The topological polar surface area (TPSA) is 86.6 Å². The fourth-order valence-electron chi connectivity index (χ4n) is 2.12. The molecule has 0 saturated heterocycles. The molecule has 23 heavy (non-hydrogen) atoms. The standard InChI is InChI=1S/C17H16FNO4/c18-13-9-5-4-8-12(13)10-14(17(22)23)19-16(21)15(20)11-6-2-1-3-7-11/h1-9,14-15,20H,10H2,(H,19,21)(H,22,23)/t14-,15-/m0/s1. The molecule has 2 rings (SSSR count). The first-order valence-corrected chi connectivity index (χ1v) is 6.98. The van der Waals surface area contributed by atoms with E-state index in [0.717, 1.165) is 0 Å². The maximum atomic E-state index is 13.6. The van der Waals surface area contributed by atoms with Gasteiger partial charge < -0.3 is 15.5 Å². The van der Waals surface area contributed by atoms with Crippen molar-refractivity contribution in [2.45, 2.75) is 18.6 Å². The number of aliphatic hydroxyl groups is 1. The molecule has 0 spiro atoms. The number of hydrogen-bond donors (Lipinski definition) is 3. The summed E-state index contributed by atoms with van der Waals surface area (Å²) in [7, 11) is 0. The molecule has 3 N–H and O–H groups in total. The second-order valence-electron chi connectivity index (χ2n) is 5.01. The van der Waals surface area contributed by atoms with Crippen LogP contribution in [0.15, 0.2) is 54.6 Å². The van der Waals surface area contributed by atoms with Crippen molar-refractivity contribution in [3.8, 4) is 0 Å². The van der Waals surface area contributed by atoms with Crippen LogP contribution < -0.4 is 5.32 Å². The van der Waals surface area contributed by atoms with E-state index in [1.807, 2.05) is 0 Å². The molecule has 2 aromatic carbocycles. The van der Waals surface area contributed by atoms with Crippen LogP contribution in [0.25, 0.3) is 0 Å². The third-order valence-corrected chi connectivity index (χ3v) is 3.36.